The van der Waals surface area contributed by atoms with Crippen LogP contribution < -0.4 is 11.1 Å². The quantitative estimate of drug-likeness (QED) is 0.585. The van der Waals surface area contributed by atoms with Crippen LogP contribution in [-0.2, 0) is 0 Å². The summed E-state index contributed by atoms with van der Waals surface area (Å²) in [6.07, 6.45) is 2.17. The van der Waals surface area contributed by atoms with Crippen LogP contribution in [-0.4, -0.2) is 17.2 Å². The van der Waals surface area contributed by atoms with Crippen molar-refractivity contribution >= 4 is 17.8 Å². The molecule has 1 radical (unpaired) electrons. The molecule has 0 bridgehead atoms. The van der Waals surface area contributed by atoms with Crippen LogP contribution in [0.15, 0.2) is 0 Å². The summed E-state index contributed by atoms with van der Waals surface area (Å²) in [6, 6.07) is -0.533. The molecule has 2 N–H and O–H groups in total. The van der Waals surface area contributed by atoms with E-state index in [1.807, 2.05) is 0 Å². The van der Waals surface area contributed by atoms with Gasteiger partial charge >= 0.3 is 6.03 Å². The molecule has 1 rings (SSSR count). The van der Waals surface area contributed by atoms with Gasteiger partial charge in [-0.05, 0) is 18.6 Å². The number of hydrogen-bond donors (Lipinski definition) is 1. The molecule has 0 spiro atoms. The molecule has 1 fully saturated rings. The highest BCUT2D eigenvalue weighted by Gasteiger charge is 2.17. The molecule has 0 aromatic carbocycles. The second-order valence-corrected chi connectivity index (χ2v) is 3.22. The molecular weight excluding hydrogens is 136 g/mol. The van der Waals surface area contributed by atoms with Crippen molar-refractivity contribution in [2.75, 3.05) is 5.75 Å². The number of urea groups is 1. The Morgan fingerprint density at radius 1 is 1.78 bits per heavy atom. The fraction of sp³-hybridized carbons (Fsp3) is 0.800. The number of nitrogens with zero attached hydrogens (tertiary/aromatic N) is 1. The van der Waals surface area contributed by atoms with E-state index in [4.69, 9.17) is 5.73 Å². The van der Waals surface area contributed by atoms with Crippen molar-refractivity contribution < 1.29 is 4.79 Å². The second kappa shape index (κ2) is 2.96. The highest BCUT2D eigenvalue weighted by atomic mass is 32.2. The maximum Gasteiger partial charge on any atom is 0.334 e. The van der Waals surface area contributed by atoms with Crippen molar-refractivity contribution in [1.29, 1.82) is 0 Å². The van der Waals surface area contributed by atoms with Gasteiger partial charge < -0.3 is 5.73 Å². The number of carbonyl (C=O) groups excluding carboxylic acids is 1. The highest BCUT2D eigenvalue weighted by Crippen LogP contribution is 2.24. The van der Waals surface area contributed by atoms with E-state index in [0.717, 1.165) is 18.6 Å². The minimum atomic E-state index is -0.533. The van der Waals surface area contributed by atoms with E-state index in [1.165, 1.54) is 0 Å². The number of primary amides is 1. The molecule has 4 heteroatoms. The summed E-state index contributed by atoms with van der Waals surface area (Å²) in [5, 5.41) is 3.83. The normalized spacial score (nSPS) is 26.0. The lowest BCUT2D eigenvalue weighted by Gasteiger charge is -2.02. The molecule has 1 aliphatic heterocycles. The molecule has 0 aromatic heterocycles. The average Bonchev–Trinajstić information content (AvgIpc) is 2.15. The topological polar surface area (TPSA) is 57.2 Å². The fourth-order valence-electron chi connectivity index (χ4n) is 0.804. The molecule has 51 valence electrons. The van der Waals surface area contributed by atoms with Gasteiger partial charge in [-0.1, -0.05) is 0 Å². The van der Waals surface area contributed by atoms with Crippen LogP contribution in [0.2, 0.25) is 0 Å². The van der Waals surface area contributed by atoms with Crippen molar-refractivity contribution in [1.82, 2.24) is 5.32 Å². The largest absolute Gasteiger partial charge is 0.350 e. The van der Waals surface area contributed by atoms with Crippen LogP contribution in [0.1, 0.15) is 12.8 Å². The first-order valence-electron chi connectivity index (χ1n) is 2.91. The molecule has 0 aromatic rings. The molecule has 0 aliphatic carbocycles. The van der Waals surface area contributed by atoms with E-state index in [2.05, 4.69) is 5.32 Å². The van der Waals surface area contributed by atoms with E-state index in [0.29, 0.717) is 0 Å². The molecule has 1 aliphatic rings. The van der Waals surface area contributed by atoms with Crippen LogP contribution >= 0.6 is 11.8 Å². The van der Waals surface area contributed by atoms with E-state index in [9.17, 15) is 4.79 Å². The maximum atomic E-state index is 10.2. The second-order valence-electron chi connectivity index (χ2n) is 1.94. The summed E-state index contributed by atoms with van der Waals surface area (Å²) in [4.78, 5) is 10.2. The molecule has 0 saturated carbocycles. The Morgan fingerprint density at radius 2 is 2.56 bits per heavy atom. The number of rotatable bonds is 1. The van der Waals surface area contributed by atoms with Crippen molar-refractivity contribution in [3.63, 3.8) is 0 Å². The van der Waals surface area contributed by atoms with Gasteiger partial charge in [-0.15, -0.1) is 11.8 Å². The third-order valence-electron chi connectivity index (χ3n) is 1.18. The minimum absolute atomic E-state index is 0.155. The van der Waals surface area contributed by atoms with Gasteiger partial charge in [0.2, 0.25) is 0 Å². The predicted molar refractivity (Wildman–Crippen MR) is 37.2 cm³/mol. The Hall–Kier alpha value is -0.380. The molecule has 3 nitrogen and oxygen atoms in total. The average molecular weight is 145 g/mol. The molecule has 1 unspecified atom stereocenters. The van der Waals surface area contributed by atoms with Gasteiger partial charge in [0.25, 0.3) is 0 Å². The van der Waals surface area contributed by atoms with Crippen LogP contribution in [0.5, 0.6) is 0 Å². The highest BCUT2D eigenvalue weighted by molar-refractivity contribution is 8.00. The Kier molecular flexibility index (Phi) is 2.22. The minimum Gasteiger partial charge on any atom is -0.350 e. The Labute approximate surface area is 58.4 Å². The summed E-state index contributed by atoms with van der Waals surface area (Å²) in [5.41, 5.74) is 4.85. The lowest BCUT2D eigenvalue weighted by molar-refractivity contribution is 0.247. The summed E-state index contributed by atoms with van der Waals surface area (Å²) in [7, 11) is 0. The number of thioether (sulfide) groups is 1. The third kappa shape index (κ3) is 2.13. The van der Waals surface area contributed by atoms with Gasteiger partial charge in [0.15, 0.2) is 0 Å². The standard InChI is InChI=1S/C5H9N2OS/c6-5(8)7-4-2-1-3-9-4/h4H,1-3H2,(H2,6,8). The molecule has 1 heterocycles. The Morgan fingerprint density at radius 3 is 3.00 bits per heavy atom. The summed E-state index contributed by atoms with van der Waals surface area (Å²) in [6.45, 7) is 0. The zero-order valence-corrected chi connectivity index (χ0v) is 5.86. The smallest absolute Gasteiger partial charge is 0.334 e. The van der Waals surface area contributed by atoms with Crippen LogP contribution in [0.25, 0.3) is 0 Å². The summed E-state index contributed by atoms with van der Waals surface area (Å²) >= 11 is 1.70. The molecule has 1 saturated heterocycles. The van der Waals surface area contributed by atoms with Gasteiger partial charge in [-0.25, -0.2) is 10.1 Å². The zero-order valence-electron chi connectivity index (χ0n) is 5.04. The van der Waals surface area contributed by atoms with Gasteiger partial charge in [0, 0.05) is 0 Å². The summed E-state index contributed by atoms with van der Waals surface area (Å²) in [5.74, 6) is 1.11. The monoisotopic (exact) mass is 145 g/mol. The van der Waals surface area contributed by atoms with Gasteiger partial charge in [-0.2, -0.15) is 0 Å². The van der Waals surface area contributed by atoms with E-state index in [-0.39, 0.29) is 5.37 Å². The Bertz CT molecular complexity index is 112. The van der Waals surface area contributed by atoms with E-state index >= 15 is 0 Å². The number of carbonyl (C=O) groups is 1. The third-order valence-corrected chi connectivity index (χ3v) is 2.43. The maximum absolute atomic E-state index is 10.2. The molecule has 9 heavy (non-hydrogen) atoms. The van der Waals surface area contributed by atoms with Crippen molar-refractivity contribution in [2.45, 2.75) is 18.2 Å². The first-order chi connectivity index (χ1) is 4.29. The molecule has 2 amide bonds. The SMILES string of the molecule is NC(=O)[N]C1CCCS1. The lowest BCUT2D eigenvalue weighted by Crippen LogP contribution is -2.28. The zero-order chi connectivity index (χ0) is 6.69. The van der Waals surface area contributed by atoms with Gasteiger partial charge in [0.05, 0.1) is 0 Å². The first-order valence-corrected chi connectivity index (χ1v) is 3.96. The molecular formula is C5H9N2OS. The van der Waals surface area contributed by atoms with Crippen molar-refractivity contribution in [3.8, 4) is 0 Å². The first kappa shape index (κ1) is 6.74. The van der Waals surface area contributed by atoms with Gasteiger partial charge in [0.1, 0.15) is 5.37 Å². The summed E-state index contributed by atoms with van der Waals surface area (Å²) < 4.78 is 0. The van der Waals surface area contributed by atoms with Crippen molar-refractivity contribution in [2.24, 2.45) is 5.73 Å². The predicted octanol–water partition coefficient (Wildman–Crippen LogP) is 0.523. The molecule has 1 atom stereocenters. The van der Waals surface area contributed by atoms with Crippen LogP contribution in [0.4, 0.5) is 4.79 Å². The fourth-order valence-corrected chi connectivity index (χ4v) is 1.92. The number of hydrogen-bond acceptors (Lipinski definition) is 2. The van der Waals surface area contributed by atoms with Crippen LogP contribution in [0.3, 0.4) is 0 Å². The van der Waals surface area contributed by atoms with E-state index < -0.39 is 6.03 Å². The number of nitrogens with two attached hydrogens (primary N) is 1. The van der Waals surface area contributed by atoms with Crippen LogP contribution in [0, 0.1) is 0 Å². The van der Waals surface area contributed by atoms with Crippen molar-refractivity contribution in [3.05, 3.63) is 0 Å². The number of amides is 2. The van der Waals surface area contributed by atoms with Gasteiger partial charge in [-0.3, -0.25) is 0 Å². The lowest BCUT2D eigenvalue weighted by atomic mass is 10.3. The Balaban J connectivity index is 2.19. The van der Waals surface area contributed by atoms with E-state index in [1.54, 1.807) is 11.8 Å².